The lowest BCUT2D eigenvalue weighted by molar-refractivity contribution is 0.0948. The van der Waals surface area contributed by atoms with E-state index in [2.05, 4.69) is 65.3 Å². The molecule has 0 aliphatic heterocycles. The molecule has 27 heavy (non-hydrogen) atoms. The van der Waals surface area contributed by atoms with Crippen molar-refractivity contribution in [2.75, 3.05) is 29.9 Å². The third kappa shape index (κ3) is 5.67. The highest BCUT2D eigenvalue weighted by Crippen LogP contribution is 2.24. The number of aryl methyl sites for hydroxylation is 2. The minimum Gasteiger partial charge on any atom is -0.372 e. The Hall–Kier alpha value is -2.63. The fourth-order valence-corrected chi connectivity index (χ4v) is 2.90. The second-order valence-electron chi connectivity index (χ2n) is 6.62. The summed E-state index contributed by atoms with van der Waals surface area (Å²) in [5.41, 5.74) is 4.39. The molecule has 0 saturated heterocycles. The number of unbranched alkanes of at least 4 members (excludes halogenated alkanes) is 1. The van der Waals surface area contributed by atoms with Gasteiger partial charge in [0.1, 0.15) is 5.69 Å². The maximum absolute atomic E-state index is 12.3. The zero-order chi connectivity index (χ0) is 19.8. The van der Waals surface area contributed by atoms with Crippen molar-refractivity contribution in [2.24, 2.45) is 0 Å². The van der Waals surface area contributed by atoms with E-state index >= 15 is 0 Å². The number of rotatable bonds is 9. The number of amides is 1. The van der Waals surface area contributed by atoms with Crippen LogP contribution in [0, 0.1) is 13.8 Å². The van der Waals surface area contributed by atoms with Crippen molar-refractivity contribution in [1.29, 1.82) is 0 Å². The van der Waals surface area contributed by atoms with Gasteiger partial charge in [-0.1, -0.05) is 13.3 Å². The third-order valence-electron chi connectivity index (χ3n) is 4.49. The van der Waals surface area contributed by atoms with Crippen LogP contribution in [0.25, 0.3) is 0 Å². The van der Waals surface area contributed by atoms with Crippen LogP contribution >= 0.6 is 0 Å². The Morgan fingerprint density at radius 1 is 1.07 bits per heavy atom. The second kappa shape index (κ2) is 9.90. The van der Waals surface area contributed by atoms with Gasteiger partial charge in [0.05, 0.1) is 0 Å². The summed E-state index contributed by atoms with van der Waals surface area (Å²) in [6.45, 7) is 12.9. The molecule has 1 aromatic carbocycles. The smallest absolute Gasteiger partial charge is 0.270 e. The van der Waals surface area contributed by atoms with Crippen molar-refractivity contribution < 1.29 is 4.79 Å². The molecule has 0 spiro atoms. The predicted molar refractivity (Wildman–Crippen MR) is 112 cm³/mol. The minimum absolute atomic E-state index is 0.161. The Balaban J connectivity index is 2.18. The number of hydrogen-bond donors (Lipinski definition) is 2. The van der Waals surface area contributed by atoms with E-state index in [1.54, 1.807) is 6.07 Å². The first kappa shape index (κ1) is 20.7. The van der Waals surface area contributed by atoms with Crippen LogP contribution in [0.15, 0.2) is 24.3 Å². The van der Waals surface area contributed by atoms with Gasteiger partial charge in [-0.25, -0.2) is 9.97 Å². The number of carbonyl (C=O) groups is 1. The van der Waals surface area contributed by atoms with Crippen molar-refractivity contribution in [3.63, 3.8) is 0 Å². The van der Waals surface area contributed by atoms with Crippen LogP contribution in [0.4, 0.5) is 17.3 Å². The Morgan fingerprint density at radius 3 is 2.44 bits per heavy atom. The number of benzene rings is 1. The summed E-state index contributed by atoms with van der Waals surface area (Å²) in [6.07, 6.45) is 2.00. The molecule has 146 valence electrons. The molecule has 6 heteroatoms. The number of hydrogen-bond acceptors (Lipinski definition) is 5. The zero-order valence-corrected chi connectivity index (χ0v) is 17.1. The first-order chi connectivity index (χ1) is 13.0. The molecule has 1 heterocycles. The quantitative estimate of drug-likeness (QED) is 0.648. The van der Waals surface area contributed by atoms with E-state index in [0.717, 1.165) is 42.9 Å². The molecule has 0 unspecified atom stereocenters. The summed E-state index contributed by atoms with van der Waals surface area (Å²) in [5.74, 6) is 0.278. The van der Waals surface area contributed by atoms with Crippen molar-refractivity contribution in [3.8, 4) is 0 Å². The lowest BCUT2D eigenvalue weighted by Crippen LogP contribution is -2.25. The van der Waals surface area contributed by atoms with Gasteiger partial charge in [0, 0.05) is 36.7 Å². The molecule has 6 nitrogen and oxygen atoms in total. The second-order valence-corrected chi connectivity index (χ2v) is 6.62. The van der Waals surface area contributed by atoms with Gasteiger partial charge in [-0.05, 0) is 63.9 Å². The van der Waals surface area contributed by atoms with Gasteiger partial charge in [0.25, 0.3) is 5.91 Å². The molecule has 0 saturated carbocycles. The maximum atomic E-state index is 12.3. The average Bonchev–Trinajstić information content (AvgIpc) is 2.64. The number of anilines is 3. The number of nitrogens with zero attached hydrogens (tertiary/aromatic N) is 3. The van der Waals surface area contributed by atoms with Gasteiger partial charge in [-0.3, -0.25) is 4.79 Å². The van der Waals surface area contributed by atoms with E-state index in [9.17, 15) is 4.79 Å². The van der Waals surface area contributed by atoms with Crippen LogP contribution in [0.2, 0.25) is 0 Å². The van der Waals surface area contributed by atoms with Gasteiger partial charge < -0.3 is 15.5 Å². The van der Waals surface area contributed by atoms with Gasteiger partial charge in [0.15, 0.2) is 0 Å². The molecule has 0 radical (unpaired) electrons. The number of carbonyl (C=O) groups excluding carboxylic acids is 1. The predicted octanol–water partition coefficient (Wildman–Crippen LogP) is 4.21. The first-order valence-electron chi connectivity index (χ1n) is 9.74. The van der Waals surface area contributed by atoms with E-state index in [4.69, 9.17) is 0 Å². The van der Waals surface area contributed by atoms with E-state index in [1.807, 2.05) is 13.0 Å². The van der Waals surface area contributed by atoms with Crippen LogP contribution < -0.4 is 15.5 Å². The van der Waals surface area contributed by atoms with Crippen molar-refractivity contribution in [1.82, 2.24) is 15.3 Å². The summed E-state index contributed by atoms with van der Waals surface area (Å²) >= 11 is 0. The highest BCUT2D eigenvalue weighted by Gasteiger charge is 2.11. The van der Waals surface area contributed by atoms with Crippen LogP contribution in [-0.2, 0) is 0 Å². The van der Waals surface area contributed by atoms with Gasteiger partial charge in [-0.15, -0.1) is 0 Å². The SMILES string of the molecule is CCCCNC(=O)c1cc(C)nc(Nc2ccc(N(CC)CC)cc2C)n1. The Kier molecular flexibility index (Phi) is 7.58. The average molecular weight is 370 g/mol. The Labute approximate surface area is 162 Å². The van der Waals surface area contributed by atoms with Crippen molar-refractivity contribution >= 4 is 23.2 Å². The fraction of sp³-hybridized carbons (Fsp3) is 0.476. The first-order valence-corrected chi connectivity index (χ1v) is 9.74. The highest BCUT2D eigenvalue weighted by atomic mass is 16.1. The molecule has 0 aliphatic rings. The number of aromatic nitrogens is 2. The standard InChI is InChI=1S/C21H31N5O/c1-6-9-12-22-20(27)19-14-16(5)23-21(25-19)24-18-11-10-17(13-15(18)4)26(7-2)8-3/h10-11,13-14H,6-9,12H2,1-5H3,(H,22,27)(H,23,24,25). The molecule has 2 N–H and O–H groups in total. The number of nitrogens with one attached hydrogen (secondary N) is 2. The Morgan fingerprint density at radius 2 is 1.81 bits per heavy atom. The summed E-state index contributed by atoms with van der Waals surface area (Å²) < 4.78 is 0. The van der Waals surface area contributed by atoms with Crippen molar-refractivity contribution in [3.05, 3.63) is 41.2 Å². The lowest BCUT2D eigenvalue weighted by atomic mass is 10.1. The van der Waals surface area contributed by atoms with Gasteiger partial charge in [0.2, 0.25) is 5.95 Å². The summed E-state index contributed by atoms with van der Waals surface area (Å²) in [5, 5.41) is 6.16. The molecular formula is C21H31N5O. The van der Waals surface area contributed by atoms with Crippen molar-refractivity contribution in [2.45, 2.75) is 47.5 Å². The van der Waals surface area contributed by atoms with E-state index in [1.165, 1.54) is 5.69 Å². The fourth-order valence-electron chi connectivity index (χ4n) is 2.90. The summed E-state index contributed by atoms with van der Waals surface area (Å²) in [4.78, 5) is 23.4. The lowest BCUT2D eigenvalue weighted by Gasteiger charge is -2.22. The molecule has 1 aromatic heterocycles. The zero-order valence-electron chi connectivity index (χ0n) is 17.1. The minimum atomic E-state index is -0.161. The monoisotopic (exact) mass is 369 g/mol. The molecule has 0 aliphatic carbocycles. The van der Waals surface area contributed by atoms with Crippen LogP contribution in [0.3, 0.4) is 0 Å². The van der Waals surface area contributed by atoms with E-state index in [-0.39, 0.29) is 5.91 Å². The van der Waals surface area contributed by atoms with E-state index in [0.29, 0.717) is 18.2 Å². The molecule has 0 bridgehead atoms. The molecule has 2 aromatic rings. The molecule has 2 rings (SSSR count). The summed E-state index contributed by atoms with van der Waals surface area (Å²) in [6, 6.07) is 8.00. The van der Waals surface area contributed by atoms with Crippen LogP contribution in [0.5, 0.6) is 0 Å². The van der Waals surface area contributed by atoms with Crippen LogP contribution in [-0.4, -0.2) is 35.5 Å². The van der Waals surface area contributed by atoms with Gasteiger partial charge >= 0.3 is 0 Å². The Bertz CT molecular complexity index is 771. The van der Waals surface area contributed by atoms with E-state index < -0.39 is 0 Å². The topological polar surface area (TPSA) is 70.2 Å². The highest BCUT2D eigenvalue weighted by molar-refractivity contribution is 5.92. The molecule has 1 amide bonds. The largest absolute Gasteiger partial charge is 0.372 e. The molecular weight excluding hydrogens is 338 g/mol. The maximum Gasteiger partial charge on any atom is 0.270 e. The third-order valence-corrected chi connectivity index (χ3v) is 4.49. The summed E-state index contributed by atoms with van der Waals surface area (Å²) in [7, 11) is 0. The normalized spacial score (nSPS) is 10.6. The van der Waals surface area contributed by atoms with Gasteiger partial charge in [-0.2, -0.15) is 0 Å². The molecule has 0 fully saturated rings. The molecule has 0 atom stereocenters. The van der Waals surface area contributed by atoms with Crippen LogP contribution in [0.1, 0.15) is 55.4 Å².